The van der Waals surface area contributed by atoms with Gasteiger partial charge >= 0.3 is 0 Å². The first-order valence-corrected chi connectivity index (χ1v) is 6.23. The van der Waals surface area contributed by atoms with E-state index in [4.69, 9.17) is 9.84 Å². The summed E-state index contributed by atoms with van der Waals surface area (Å²) in [6.45, 7) is 4.91. The van der Waals surface area contributed by atoms with Gasteiger partial charge in [0.25, 0.3) is 0 Å². The van der Waals surface area contributed by atoms with Crippen molar-refractivity contribution in [1.82, 2.24) is 4.90 Å². The Hall–Kier alpha value is -0.130. The molecule has 0 aromatic heterocycles. The maximum atomic E-state index is 11.7. The van der Waals surface area contributed by atoms with Gasteiger partial charge in [0.2, 0.25) is 5.91 Å². The highest BCUT2D eigenvalue weighted by Gasteiger charge is 2.34. The maximum absolute atomic E-state index is 11.7. The summed E-state index contributed by atoms with van der Waals surface area (Å²) in [6, 6.07) is 0. The van der Waals surface area contributed by atoms with Crippen LogP contribution < -0.4 is 0 Å². The fraction of sp³-hybridized carbons (Fsp3) is 0.900. The molecule has 4 nitrogen and oxygen atoms in total. The molecule has 1 amide bonds. The van der Waals surface area contributed by atoms with E-state index in [-0.39, 0.29) is 24.2 Å². The van der Waals surface area contributed by atoms with Crippen LogP contribution in [0.4, 0.5) is 0 Å². The molecule has 1 rings (SSSR count). The molecule has 0 aliphatic carbocycles. The second kappa shape index (κ2) is 5.27. The number of amides is 1. The van der Waals surface area contributed by atoms with Crippen LogP contribution in [0.3, 0.4) is 0 Å². The molecule has 1 atom stereocenters. The molecule has 1 aliphatic heterocycles. The number of hydrogen-bond acceptors (Lipinski definition) is 3. The van der Waals surface area contributed by atoms with Crippen molar-refractivity contribution in [3.05, 3.63) is 0 Å². The van der Waals surface area contributed by atoms with Gasteiger partial charge in [0, 0.05) is 24.8 Å². The van der Waals surface area contributed by atoms with Crippen molar-refractivity contribution in [3.8, 4) is 0 Å². The molecule has 1 heterocycles. The highest BCUT2D eigenvalue weighted by atomic mass is 79.9. The Morgan fingerprint density at radius 3 is 2.87 bits per heavy atom. The van der Waals surface area contributed by atoms with Crippen LogP contribution in [0.25, 0.3) is 0 Å². The van der Waals surface area contributed by atoms with Gasteiger partial charge in [-0.15, -0.1) is 0 Å². The smallest absolute Gasteiger partial charge is 0.223 e. The van der Waals surface area contributed by atoms with Crippen molar-refractivity contribution in [2.24, 2.45) is 0 Å². The average molecular weight is 280 g/mol. The molecular weight excluding hydrogens is 262 g/mol. The third kappa shape index (κ3) is 3.74. The zero-order valence-electron chi connectivity index (χ0n) is 9.20. The molecule has 88 valence electrons. The number of alkyl halides is 1. The molecule has 0 spiro atoms. The van der Waals surface area contributed by atoms with Crippen LogP contribution in [0.15, 0.2) is 0 Å². The highest BCUT2D eigenvalue weighted by Crippen LogP contribution is 2.21. The van der Waals surface area contributed by atoms with Gasteiger partial charge in [0.05, 0.1) is 18.3 Å². The van der Waals surface area contributed by atoms with E-state index < -0.39 is 0 Å². The lowest BCUT2D eigenvalue weighted by Gasteiger charge is -2.42. The van der Waals surface area contributed by atoms with Gasteiger partial charge in [-0.3, -0.25) is 4.79 Å². The summed E-state index contributed by atoms with van der Waals surface area (Å²) >= 11 is 3.25. The molecule has 0 radical (unpaired) electrons. The molecule has 15 heavy (non-hydrogen) atoms. The lowest BCUT2D eigenvalue weighted by atomic mass is 10.1. The van der Waals surface area contributed by atoms with E-state index in [0.29, 0.717) is 24.8 Å². The number of nitrogens with zero attached hydrogens (tertiary/aromatic N) is 1. The molecule has 1 unspecified atom stereocenters. The Morgan fingerprint density at radius 1 is 1.67 bits per heavy atom. The number of aliphatic hydroxyl groups is 1. The van der Waals surface area contributed by atoms with E-state index in [9.17, 15) is 4.79 Å². The molecular formula is C10H18BrNO3. The number of carbonyl (C=O) groups is 1. The normalized spacial score (nSPS) is 25.3. The molecule has 1 saturated heterocycles. The van der Waals surface area contributed by atoms with Gasteiger partial charge in [-0.05, 0) is 13.8 Å². The Balaban J connectivity index is 2.61. The van der Waals surface area contributed by atoms with Crippen LogP contribution in [0.1, 0.15) is 20.3 Å². The van der Waals surface area contributed by atoms with Crippen molar-refractivity contribution >= 4 is 21.8 Å². The second-order valence-corrected chi connectivity index (χ2v) is 5.19. The van der Waals surface area contributed by atoms with Gasteiger partial charge in [-0.1, -0.05) is 15.9 Å². The van der Waals surface area contributed by atoms with E-state index in [1.54, 1.807) is 4.90 Å². The number of hydrogen-bond donors (Lipinski definition) is 1. The highest BCUT2D eigenvalue weighted by molar-refractivity contribution is 9.09. The minimum Gasteiger partial charge on any atom is -0.394 e. The standard InChI is InChI=1S/C10H18BrNO3/c1-10(2)7-12(9(14)3-4-11)5-8(6-13)15-10/h8,13H,3-7H2,1-2H3. The zero-order chi connectivity index (χ0) is 11.5. The fourth-order valence-corrected chi connectivity index (χ4v) is 2.16. The Labute approximate surface area is 98.7 Å². The average Bonchev–Trinajstić information content (AvgIpc) is 2.15. The largest absolute Gasteiger partial charge is 0.394 e. The molecule has 0 aromatic rings. The number of ether oxygens (including phenoxy) is 1. The Kier molecular flexibility index (Phi) is 4.55. The Bertz CT molecular complexity index is 233. The first-order valence-electron chi connectivity index (χ1n) is 5.11. The van der Waals surface area contributed by atoms with E-state index in [1.807, 2.05) is 13.8 Å². The van der Waals surface area contributed by atoms with E-state index in [2.05, 4.69) is 15.9 Å². The van der Waals surface area contributed by atoms with Crippen molar-refractivity contribution in [2.75, 3.05) is 25.0 Å². The first-order chi connectivity index (χ1) is 6.98. The molecule has 0 saturated carbocycles. The van der Waals surface area contributed by atoms with Crippen LogP contribution in [-0.4, -0.2) is 52.6 Å². The van der Waals surface area contributed by atoms with Gasteiger partial charge in [-0.25, -0.2) is 0 Å². The van der Waals surface area contributed by atoms with Crippen LogP contribution in [0.5, 0.6) is 0 Å². The minimum atomic E-state index is -0.367. The number of aliphatic hydroxyl groups excluding tert-OH is 1. The fourth-order valence-electron chi connectivity index (χ4n) is 1.82. The zero-order valence-corrected chi connectivity index (χ0v) is 10.8. The monoisotopic (exact) mass is 279 g/mol. The quantitative estimate of drug-likeness (QED) is 0.777. The van der Waals surface area contributed by atoms with Crippen LogP contribution in [0, 0.1) is 0 Å². The molecule has 1 fully saturated rings. The third-order valence-electron chi connectivity index (χ3n) is 2.35. The summed E-state index contributed by atoms with van der Waals surface area (Å²) in [6.07, 6.45) is 0.238. The lowest BCUT2D eigenvalue weighted by Crippen LogP contribution is -2.55. The molecule has 5 heteroatoms. The van der Waals surface area contributed by atoms with E-state index in [0.717, 1.165) is 0 Å². The van der Waals surface area contributed by atoms with E-state index in [1.165, 1.54) is 0 Å². The Morgan fingerprint density at radius 2 is 2.33 bits per heavy atom. The second-order valence-electron chi connectivity index (χ2n) is 4.40. The summed E-state index contributed by atoms with van der Waals surface area (Å²) in [5.74, 6) is 0.113. The van der Waals surface area contributed by atoms with Crippen LogP contribution in [-0.2, 0) is 9.53 Å². The first kappa shape index (κ1) is 12.9. The third-order valence-corrected chi connectivity index (χ3v) is 2.74. The SMILES string of the molecule is CC1(C)CN(C(=O)CCBr)CC(CO)O1. The molecule has 1 aliphatic rings. The van der Waals surface area contributed by atoms with Crippen LogP contribution in [0.2, 0.25) is 0 Å². The summed E-state index contributed by atoms with van der Waals surface area (Å²) in [5, 5.41) is 9.75. The van der Waals surface area contributed by atoms with Gasteiger partial charge in [-0.2, -0.15) is 0 Å². The minimum absolute atomic E-state index is 0.0402. The number of halogens is 1. The summed E-state index contributed by atoms with van der Waals surface area (Å²) in [4.78, 5) is 13.5. The molecule has 0 aromatic carbocycles. The van der Waals surface area contributed by atoms with Gasteiger partial charge < -0.3 is 14.7 Å². The number of carbonyl (C=O) groups excluding carboxylic acids is 1. The summed E-state index contributed by atoms with van der Waals surface area (Å²) < 4.78 is 5.63. The van der Waals surface area contributed by atoms with Gasteiger partial charge in [0.1, 0.15) is 0 Å². The summed E-state index contributed by atoms with van der Waals surface area (Å²) in [7, 11) is 0. The van der Waals surface area contributed by atoms with Crippen molar-refractivity contribution in [2.45, 2.75) is 32.0 Å². The maximum Gasteiger partial charge on any atom is 0.223 e. The molecule has 0 bridgehead atoms. The number of morpholine rings is 1. The number of rotatable bonds is 3. The van der Waals surface area contributed by atoms with Crippen molar-refractivity contribution in [3.63, 3.8) is 0 Å². The topological polar surface area (TPSA) is 49.8 Å². The molecule has 1 N–H and O–H groups in total. The predicted octanol–water partition coefficient (Wildman–Crippen LogP) is 0.770. The lowest BCUT2D eigenvalue weighted by molar-refractivity contribution is -0.166. The predicted molar refractivity (Wildman–Crippen MR) is 61.0 cm³/mol. The van der Waals surface area contributed by atoms with Crippen molar-refractivity contribution < 1.29 is 14.6 Å². The van der Waals surface area contributed by atoms with Crippen LogP contribution >= 0.6 is 15.9 Å². The van der Waals surface area contributed by atoms with Crippen molar-refractivity contribution in [1.29, 1.82) is 0 Å². The van der Waals surface area contributed by atoms with Gasteiger partial charge in [0.15, 0.2) is 0 Å². The van der Waals surface area contributed by atoms with E-state index >= 15 is 0 Å². The summed E-state index contributed by atoms with van der Waals surface area (Å²) in [5.41, 5.74) is -0.367.